The first kappa shape index (κ1) is 9.57. The molecule has 0 saturated heterocycles. The highest BCUT2D eigenvalue weighted by Crippen LogP contribution is 2.23. The fraction of sp³-hybridized carbons (Fsp3) is 0.800. The lowest BCUT2D eigenvalue weighted by Crippen LogP contribution is -2.33. The van der Waals surface area contributed by atoms with Crippen LogP contribution in [-0.2, 0) is 0 Å². The van der Waals surface area contributed by atoms with E-state index >= 15 is 0 Å². The van der Waals surface area contributed by atoms with Crippen molar-refractivity contribution >= 4 is 0 Å². The average Bonchev–Trinajstić information content (AvgIpc) is 2.09. The van der Waals surface area contributed by atoms with Gasteiger partial charge in [-0.2, -0.15) is 0 Å². The lowest BCUT2D eigenvalue weighted by molar-refractivity contribution is 0.0703. The van der Waals surface area contributed by atoms with E-state index in [0.717, 1.165) is 19.4 Å². The van der Waals surface area contributed by atoms with Crippen LogP contribution in [0.1, 0.15) is 25.7 Å². The van der Waals surface area contributed by atoms with Gasteiger partial charge in [0, 0.05) is 6.54 Å². The van der Waals surface area contributed by atoms with Crippen molar-refractivity contribution in [3.05, 3.63) is 0 Å². The van der Waals surface area contributed by atoms with Crippen molar-refractivity contribution < 1.29 is 5.11 Å². The first-order valence-electron chi connectivity index (χ1n) is 4.67. The van der Waals surface area contributed by atoms with E-state index in [0.29, 0.717) is 12.5 Å². The van der Waals surface area contributed by atoms with E-state index in [1.165, 1.54) is 12.8 Å². The zero-order valence-electron chi connectivity index (χ0n) is 7.42. The molecule has 12 heavy (non-hydrogen) atoms. The van der Waals surface area contributed by atoms with Gasteiger partial charge in [-0.15, -0.1) is 6.42 Å². The number of hydrogen-bond donors (Lipinski definition) is 2. The maximum atomic E-state index is 9.58. The molecule has 2 atom stereocenters. The zero-order chi connectivity index (χ0) is 8.81. The Morgan fingerprint density at radius 1 is 1.42 bits per heavy atom. The molecule has 0 radical (unpaired) electrons. The molecule has 0 aliphatic heterocycles. The van der Waals surface area contributed by atoms with Crippen LogP contribution >= 0.6 is 0 Å². The van der Waals surface area contributed by atoms with Gasteiger partial charge in [-0.1, -0.05) is 18.8 Å². The fourth-order valence-corrected chi connectivity index (χ4v) is 1.76. The summed E-state index contributed by atoms with van der Waals surface area (Å²) in [5, 5.41) is 12.7. The smallest absolute Gasteiger partial charge is 0.0580 e. The Labute approximate surface area is 74.4 Å². The Kier molecular flexibility index (Phi) is 4.13. The molecule has 1 fully saturated rings. The predicted octanol–water partition coefficient (Wildman–Crippen LogP) is 0.760. The molecule has 1 aliphatic carbocycles. The molecule has 0 aromatic carbocycles. The monoisotopic (exact) mass is 167 g/mol. The largest absolute Gasteiger partial charge is 0.393 e. The molecule has 2 N–H and O–H groups in total. The van der Waals surface area contributed by atoms with Gasteiger partial charge in [-0.05, 0) is 18.8 Å². The number of aliphatic hydroxyl groups excluding tert-OH is 1. The van der Waals surface area contributed by atoms with E-state index in [-0.39, 0.29) is 6.10 Å². The molecular weight excluding hydrogens is 150 g/mol. The summed E-state index contributed by atoms with van der Waals surface area (Å²) in [6.07, 6.45) is 9.52. The third-order valence-corrected chi connectivity index (χ3v) is 2.50. The summed E-state index contributed by atoms with van der Waals surface area (Å²) in [4.78, 5) is 0. The lowest BCUT2D eigenvalue weighted by atomic mass is 9.86. The van der Waals surface area contributed by atoms with Gasteiger partial charge in [-0.25, -0.2) is 0 Å². The number of aliphatic hydroxyl groups is 1. The second-order valence-electron chi connectivity index (χ2n) is 3.45. The summed E-state index contributed by atoms with van der Waals surface area (Å²) in [6.45, 7) is 1.48. The molecule has 0 heterocycles. The van der Waals surface area contributed by atoms with E-state index in [1.54, 1.807) is 0 Å². The van der Waals surface area contributed by atoms with Crippen LogP contribution < -0.4 is 5.32 Å². The van der Waals surface area contributed by atoms with Crippen LogP contribution in [-0.4, -0.2) is 24.3 Å². The van der Waals surface area contributed by atoms with E-state index in [1.807, 2.05) is 0 Å². The zero-order valence-corrected chi connectivity index (χ0v) is 7.42. The van der Waals surface area contributed by atoms with Gasteiger partial charge >= 0.3 is 0 Å². The lowest BCUT2D eigenvalue weighted by Gasteiger charge is -2.27. The average molecular weight is 167 g/mol. The molecule has 2 unspecified atom stereocenters. The SMILES string of the molecule is C#CCNCC1CCCCC1O. The van der Waals surface area contributed by atoms with Crippen LogP contribution in [0.15, 0.2) is 0 Å². The highest BCUT2D eigenvalue weighted by molar-refractivity contribution is 4.87. The topological polar surface area (TPSA) is 32.3 Å². The Hall–Kier alpha value is -0.520. The molecule has 68 valence electrons. The van der Waals surface area contributed by atoms with Crippen LogP contribution in [0.5, 0.6) is 0 Å². The first-order valence-corrected chi connectivity index (χ1v) is 4.67. The summed E-state index contributed by atoms with van der Waals surface area (Å²) in [6, 6.07) is 0. The Balaban J connectivity index is 2.16. The summed E-state index contributed by atoms with van der Waals surface area (Å²) in [5.74, 6) is 2.95. The van der Waals surface area contributed by atoms with Gasteiger partial charge in [0.05, 0.1) is 12.6 Å². The van der Waals surface area contributed by atoms with Crippen molar-refractivity contribution in [1.82, 2.24) is 5.32 Å². The van der Waals surface area contributed by atoms with Crippen LogP contribution in [0, 0.1) is 18.3 Å². The first-order chi connectivity index (χ1) is 5.84. The fourth-order valence-electron chi connectivity index (χ4n) is 1.76. The highest BCUT2D eigenvalue weighted by Gasteiger charge is 2.21. The minimum Gasteiger partial charge on any atom is -0.393 e. The third-order valence-electron chi connectivity index (χ3n) is 2.50. The summed E-state index contributed by atoms with van der Waals surface area (Å²) < 4.78 is 0. The second-order valence-corrected chi connectivity index (χ2v) is 3.45. The predicted molar refractivity (Wildman–Crippen MR) is 49.7 cm³/mol. The molecule has 0 aromatic rings. The number of nitrogens with one attached hydrogen (secondary N) is 1. The number of terminal acetylenes is 1. The minimum absolute atomic E-state index is 0.107. The summed E-state index contributed by atoms with van der Waals surface area (Å²) in [7, 11) is 0. The van der Waals surface area contributed by atoms with E-state index in [2.05, 4.69) is 11.2 Å². The Morgan fingerprint density at radius 2 is 2.17 bits per heavy atom. The molecule has 1 rings (SSSR count). The second kappa shape index (κ2) is 5.18. The van der Waals surface area contributed by atoms with Crippen LogP contribution in [0.25, 0.3) is 0 Å². The summed E-state index contributed by atoms with van der Waals surface area (Å²) >= 11 is 0. The van der Waals surface area contributed by atoms with Crippen molar-refractivity contribution in [3.63, 3.8) is 0 Å². The van der Waals surface area contributed by atoms with E-state index in [4.69, 9.17) is 6.42 Å². The van der Waals surface area contributed by atoms with Gasteiger partial charge in [0.2, 0.25) is 0 Å². The number of rotatable bonds is 3. The Morgan fingerprint density at radius 3 is 2.83 bits per heavy atom. The van der Waals surface area contributed by atoms with Crippen molar-refractivity contribution in [1.29, 1.82) is 0 Å². The molecule has 0 spiro atoms. The van der Waals surface area contributed by atoms with Crippen molar-refractivity contribution in [3.8, 4) is 12.3 Å². The van der Waals surface area contributed by atoms with Gasteiger partial charge in [0.25, 0.3) is 0 Å². The normalized spacial score (nSPS) is 29.7. The maximum absolute atomic E-state index is 9.58. The van der Waals surface area contributed by atoms with Crippen molar-refractivity contribution in [2.75, 3.05) is 13.1 Å². The molecular formula is C10H17NO. The molecule has 0 aromatic heterocycles. The standard InChI is InChI=1S/C10H17NO/c1-2-7-11-8-9-5-3-4-6-10(9)12/h1,9-12H,3-8H2. The molecule has 2 heteroatoms. The van der Waals surface area contributed by atoms with Crippen LogP contribution in [0.2, 0.25) is 0 Å². The molecule has 2 nitrogen and oxygen atoms in total. The van der Waals surface area contributed by atoms with Gasteiger partial charge in [0.15, 0.2) is 0 Å². The van der Waals surface area contributed by atoms with Crippen LogP contribution in [0.4, 0.5) is 0 Å². The third kappa shape index (κ3) is 2.84. The quantitative estimate of drug-likeness (QED) is 0.480. The van der Waals surface area contributed by atoms with Crippen LogP contribution in [0.3, 0.4) is 0 Å². The van der Waals surface area contributed by atoms with Gasteiger partial charge in [0.1, 0.15) is 0 Å². The maximum Gasteiger partial charge on any atom is 0.0580 e. The van der Waals surface area contributed by atoms with Crippen molar-refractivity contribution in [2.24, 2.45) is 5.92 Å². The minimum atomic E-state index is -0.107. The number of hydrogen-bond acceptors (Lipinski definition) is 2. The van der Waals surface area contributed by atoms with Gasteiger partial charge in [-0.3, -0.25) is 0 Å². The molecule has 0 bridgehead atoms. The highest BCUT2D eigenvalue weighted by atomic mass is 16.3. The molecule has 0 amide bonds. The summed E-state index contributed by atoms with van der Waals surface area (Å²) in [5.41, 5.74) is 0. The molecule has 1 aliphatic rings. The van der Waals surface area contributed by atoms with Gasteiger partial charge < -0.3 is 10.4 Å². The van der Waals surface area contributed by atoms with E-state index < -0.39 is 0 Å². The Bertz CT molecular complexity index is 162. The van der Waals surface area contributed by atoms with E-state index in [9.17, 15) is 5.11 Å². The molecule has 1 saturated carbocycles. The van der Waals surface area contributed by atoms with Crippen molar-refractivity contribution in [2.45, 2.75) is 31.8 Å².